The van der Waals surface area contributed by atoms with E-state index in [9.17, 15) is 13.6 Å². The van der Waals surface area contributed by atoms with Gasteiger partial charge in [0.2, 0.25) is 6.17 Å². The van der Waals surface area contributed by atoms with Crippen molar-refractivity contribution in [2.75, 3.05) is 13.7 Å². The Morgan fingerprint density at radius 3 is 2.63 bits per heavy atom. The second kappa shape index (κ2) is 7.91. The maximum Gasteiger partial charge on any atom is 0.342 e. The van der Waals surface area contributed by atoms with Crippen molar-refractivity contribution >= 4 is 18.4 Å². The molecule has 108 valence electrons. The van der Waals surface area contributed by atoms with Gasteiger partial charge in [-0.25, -0.2) is 13.6 Å². The predicted octanol–water partition coefficient (Wildman–Crippen LogP) is 2.16. The van der Waals surface area contributed by atoms with Crippen LogP contribution in [0.3, 0.4) is 0 Å². The molecule has 7 heteroatoms. The third-order valence-electron chi connectivity index (χ3n) is 2.39. The van der Waals surface area contributed by atoms with E-state index in [2.05, 4.69) is 4.74 Å². The average molecular weight is 296 g/mol. The molecular weight excluding hydrogens is 280 g/mol. The molecule has 0 heterocycles. The molecule has 0 spiro atoms. The van der Waals surface area contributed by atoms with Gasteiger partial charge in [-0.15, -0.1) is 12.4 Å². The van der Waals surface area contributed by atoms with Crippen molar-refractivity contribution in [2.24, 2.45) is 5.73 Å². The molecular formula is C12H16ClF2NO3. The van der Waals surface area contributed by atoms with Gasteiger partial charge in [0.05, 0.1) is 19.8 Å². The van der Waals surface area contributed by atoms with Gasteiger partial charge < -0.3 is 15.2 Å². The summed E-state index contributed by atoms with van der Waals surface area (Å²) >= 11 is 0. The van der Waals surface area contributed by atoms with Crippen molar-refractivity contribution in [2.45, 2.75) is 19.1 Å². The van der Waals surface area contributed by atoms with Crippen LogP contribution in [0, 0.1) is 5.82 Å². The quantitative estimate of drug-likeness (QED) is 0.846. The van der Waals surface area contributed by atoms with Gasteiger partial charge in [0, 0.05) is 5.56 Å². The number of rotatable bonds is 5. The van der Waals surface area contributed by atoms with E-state index >= 15 is 0 Å². The number of hydrogen-bond donors (Lipinski definition) is 1. The standard InChI is InChI=1S/C12H15F2NO3.ClH/c1-3-18-12(16)9(14)10(15)7-5-4-6-8(13)11(7)17-2;/h4-6,9-10H,3,15H2,1-2H3;1H/t9?,10-;/m1./s1. The van der Waals surface area contributed by atoms with Gasteiger partial charge in [-0.05, 0) is 13.0 Å². The van der Waals surface area contributed by atoms with Crippen molar-refractivity contribution < 1.29 is 23.0 Å². The maximum atomic E-state index is 13.7. The van der Waals surface area contributed by atoms with E-state index in [4.69, 9.17) is 10.5 Å². The van der Waals surface area contributed by atoms with Crippen molar-refractivity contribution in [1.82, 2.24) is 0 Å². The van der Waals surface area contributed by atoms with Crippen LogP contribution in [0.2, 0.25) is 0 Å². The first-order valence-corrected chi connectivity index (χ1v) is 5.41. The molecule has 1 unspecified atom stereocenters. The number of benzene rings is 1. The van der Waals surface area contributed by atoms with Crippen molar-refractivity contribution in [1.29, 1.82) is 0 Å². The van der Waals surface area contributed by atoms with Gasteiger partial charge >= 0.3 is 5.97 Å². The number of alkyl halides is 1. The molecule has 2 N–H and O–H groups in total. The number of methoxy groups -OCH3 is 1. The number of nitrogens with two attached hydrogens (primary N) is 1. The van der Waals surface area contributed by atoms with Crippen molar-refractivity contribution in [3.8, 4) is 5.75 Å². The molecule has 0 radical (unpaired) electrons. The molecule has 4 nitrogen and oxygen atoms in total. The monoisotopic (exact) mass is 295 g/mol. The number of halogens is 3. The van der Waals surface area contributed by atoms with Crippen molar-refractivity contribution in [3.63, 3.8) is 0 Å². The minimum Gasteiger partial charge on any atom is -0.493 e. The lowest BCUT2D eigenvalue weighted by atomic mass is 10.0. The molecule has 0 saturated heterocycles. The summed E-state index contributed by atoms with van der Waals surface area (Å²) in [5, 5.41) is 0. The van der Waals surface area contributed by atoms with Gasteiger partial charge in [0.1, 0.15) is 0 Å². The number of carbonyl (C=O) groups is 1. The number of para-hydroxylation sites is 1. The fraction of sp³-hybridized carbons (Fsp3) is 0.417. The lowest BCUT2D eigenvalue weighted by Crippen LogP contribution is -2.31. The Labute approximate surface area is 116 Å². The van der Waals surface area contributed by atoms with Gasteiger partial charge in [0.25, 0.3) is 0 Å². The highest BCUT2D eigenvalue weighted by atomic mass is 35.5. The highest BCUT2D eigenvalue weighted by molar-refractivity contribution is 5.85. The highest BCUT2D eigenvalue weighted by Gasteiger charge is 2.30. The molecule has 0 fully saturated rings. The van der Waals surface area contributed by atoms with Crippen LogP contribution in [0.1, 0.15) is 18.5 Å². The van der Waals surface area contributed by atoms with Crippen LogP contribution in [0.4, 0.5) is 8.78 Å². The van der Waals surface area contributed by atoms with E-state index in [0.29, 0.717) is 0 Å². The van der Waals surface area contributed by atoms with E-state index in [1.54, 1.807) is 6.92 Å². The van der Waals surface area contributed by atoms with Gasteiger partial charge in [-0.2, -0.15) is 0 Å². The predicted molar refractivity (Wildman–Crippen MR) is 68.7 cm³/mol. The van der Waals surface area contributed by atoms with E-state index in [1.165, 1.54) is 19.2 Å². The fourth-order valence-corrected chi connectivity index (χ4v) is 1.53. The molecule has 1 aromatic carbocycles. The molecule has 0 aliphatic carbocycles. The van der Waals surface area contributed by atoms with E-state index in [-0.39, 0.29) is 30.3 Å². The molecule has 1 rings (SSSR count). The number of esters is 1. The topological polar surface area (TPSA) is 61.5 Å². The second-order valence-electron chi connectivity index (χ2n) is 3.54. The van der Waals surface area contributed by atoms with Crippen LogP contribution in [0.5, 0.6) is 5.75 Å². The smallest absolute Gasteiger partial charge is 0.342 e. The number of carbonyl (C=O) groups excluding carboxylic acids is 1. The molecule has 0 bridgehead atoms. The summed E-state index contributed by atoms with van der Waals surface area (Å²) in [5.74, 6) is -1.91. The Hall–Kier alpha value is -1.40. The third kappa shape index (κ3) is 4.04. The Bertz CT molecular complexity index is 431. The first-order valence-electron chi connectivity index (χ1n) is 5.41. The zero-order valence-electron chi connectivity index (χ0n) is 10.6. The third-order valence-corrected chi connectivity index (χ3v) is 2.39. The van der Waals surface area contributed by atoms with E-state index in [1.807, 2.05) is 0 Å². The lowest BCUT2D eigenvalue weighted by Gasteiger charge is -2.18. The molecule has 1 aromatic rings. The summed E-state index contributed by atoms with van der Waals surface area (Å²) in [5.41, 5.74) is 5.67. The Kier molecular flexibility index (Phi) is 7.33. The Morgan fingerprint density at radius 2 is 2.11 bits per heavy atom. The number of ether oxygens (including phenoxy) is 2. The van der Waals surface area contributed by atoms with Crippen LogP contribution in [0.25, 0.3) is 0 Å². The molecule has 0 aliphatic heterocycles. The molecule has 19 heavy (non-hydrogen) atoms. The normalized spacial score (nSPS) is 13.1. The summed E-state index contributed by atoms with van der Waals surface area (Å²) in [7, 11) is 1.24. The summed E-state index contributed by atoms with van der Waals surface area (Å²) in [4.78, 5) is 11.2. The fourth-order valence-electron chi connectivity index (χ4n) is 1.53. The van der Waals surface area contributed by atoms with Crippen LogP contribution in [-0.2, 0) is 9.53 Å². The van der Waals surface area contributed by atoms with E-state index < -0.39 is 24.0 Å². The van der Waals surface area contributed by atoms with Crippen LogP contribution >= 0.6 is 12.4 Å². The van der Waals surface area contributed by atoms with Crippen LogP contribution in [-0.4, -0.2) is 25.9 Å². The van der Waals surface area contributed by atoms with Gasteiger partial charge in [0.15, 0.2) is 11.6 Å². The summed E-state index contributed by atoms with van der Waals surface area (Å²) in [6.07, 6.45) is -2.07. The zero-order valence-corrected chi connectivity index (χ0v) is 11.4. The van der Waals surface area contributed by atoms with Crippen molar-refractivity contribution in [3.05, 3.63) is 29.6 Å². The van der Waals surface area contributed by atoms with Crippen LogP contribution in [0.15, 0.2) is 18.2 Å². The molecule has 0 saturated carbocycles. The van der Waals surface area contributed by atoms with Gasteiger partial charge in [-0.3, -0.25) is 0 Å². The minimum absolute atomic E-state index is 0. The minimum atomic E-state index is -2.07. The first-order chi connectivity index (χ1) is 8.52. The first kappa shape index (κ1) is 17.6. The molecule has 0 aromatic heterocycles. The summed E-state index contributed by atoms with van der Waals surface area (Å²) < 4.78 is 36.5. The van der Waals surface area contributed by atoms with Crippen LogP contribution < -0.4 is 10.5 Å². The summed E-state index contributed by atoms with van der Waals surface area (Å²) in [6.45, 7) is 1.60. The molecule has 0 aliphatic rings. The zero-order chi connectivity index (χ0) is 13.7. The lowest BCUT2D eigenvalue weighted by molar-refractivity contribution is -0.149. The maximum absolute atomic E-state index is 13.7. The highest BCUT2D eigenvalue weighted by Crippen LogP contribution is 2.29. The molecule has 0 amide bonds. The average Bonchev–Trinajstić information content (AvgIpc) is 2.37. The Morgan fingerprint density at radius 1 is 1.47 bits per heavy atom. The Balaban J connectivity index is 0.00000324. The SMILES string of the molecule is CCOC(=O)C(F)[C@H](N)c1cccc(F)c1OC.Cl. The van der Waals surface area contributed by atoms with Gasteiger partial charge in [-0.1, -0.05) is 12.1 Å². The second-order valence-corrected chi connectivity index (χ2v) is 3.54. The summed E-state index contributed by atoms with van der Waals surface area (Å²) in [6, 6.07) is 2.59. The van der Waals surface area contributed by atoms with E-state index in [0.717, 1.165) is 6.07 Å². The molecule has 2 atom stereocenters. The largest absolute Gasteiger partial charge is 0.493 e. The number of hydrogen-bond acceptors (Lipinski definition) is 4.